The summed E-state index contributed by atoms with van der Waals surface area (Å²) < 4.78 is 5.27. The van der Waals surface area contributed by atoms with Gasteiger partial charge in [-0.05, 0) is 42.7 Å². The largest absolute Gasteiger partial charge is 0.481 e. The van der Waals surface area contributed by atoms with Crippen LogP contribution in [0, 0.1) is 40.9 Å². The lowest BCUT2D eigenvalue weighted by atomic mass is 10.0. The van der Waals surface area contributed by atoms with Crippen LogP contribution < -0.4 is 9.75 Å². The molecule has 0 atom stereocenters. The summed E-state index contributed by atoms with van der Waals surface area (Å²) in [5.41, 5.74) is 4.15. The number of thioether (sulfide) groups is 1. The Hall–Kier alpha value is -4.04. The molecule has 0 bridgehead atoms. The summed E-state index contributed by atoms with van der Waals surface area (Å²) in [6.07, 6.45) is 0.608. The van der Waals surface area contributed by atoms with E-state index in [0.29, 0.717) is 23.6 Å². The molecule has 2 aromatic carbocycles. The molecular formula is C23H21N5O4S. The molecule has 0 aliphatic carbocycles. The van der Waals surface area contributed by atoms with Crippen LogP contribution in [0.5, 0.6) is 5.75 Å². The number of anilines is 1. The van der Waals surface area contributed by atoms with Gasteiger partial charge in [-0.2, -0.15) is 20.9 Å². The zero-order valence-electron chi connectivity index (χ0n) is 17.9. The van der Waals surface area contributed by atoms with E-state index >= 15 is 0 Å². The highest BCUT2D eigenvalue weighted by Gasteiger charge is 2.20. The summed E-state index contributed by atoms with van der Waals surface area (Å²) in [5, 5.41) is 49.1. The van der Waals surface area contributed by atoms with Crippen LogP contribution >= 0.6 is 11.8 Å². The van der Waals surface area contributed by atoms with E-state index in [1.54, 1.807) is 23.9 Å². The van der Waals surface area contributed by atoms with Gasteiger partial charge in [0.2, 0.25) is 0 Å². The highest BCUT2D eigenvalue weighted by atomic mass is 32.2. The molecule has 3 rings (SSSR count). The van der Waals surface area contributed by atoms with Gasteiger partial charge < -0.3 is 14.9 Å². The van der Waals surface area contributed by atoms with Gasteiger partial charge in [-0.25, -0.2) is 0 Å². The molecule has 0 fully saturated rings. The number of carbonyl (C=O) groups is 1. The highest BCUT2D eigenvalue weighted by molar-refractivity contribution is 8.14. The van der Waals surface area contributed by atoms with Crippen LogP contribution in [0.25, 0.3) is 0 Å². The monoisotopic (exact) mass is 463 g/mol. The number of hydrogen-bond donors (Lipinski definition) is 2. The quantitative estimate of drug-likeness (QED) is 0.589. The number of aryl methyl sites for hydroxylation is 2. The molecule has 168 valence electrons. The fourth-order valence-corrected chi connectivity index (χ4v) is 3.92. The number of aliphatic carboxylic acids is 1. The van der Waals surface area contributed by atoms with Crippen LogP contribution in [-0.2, 0) is 11.2 Å². The molecule has 0 unspecified atom stereocenters. The SMILES string of the molecule is Cc1cc(CCC(=O)O)ccc1C1=NN(c2ccc(OCC#N)c(C#N)c2)CS1.N#CCO. The predicted octanol–water partition coefficient (Wildman–Crippen LogP) is 3.16. The molecule has 0 saturated heterocycles. The molecule has 10 heteroatoms. The molecule has 0 aromatic heterocycles. The number of carboxylic acid groups (broad SMARTS) is 1. The summed E-state index contributed by atoms with van der Waals surface area (Å²) in [5.74, 6) is 0.180. The molecule has 0 amide bonds. The Balaban J connectivity index is 0.000000890. The van der Waals surface area contributed by atoms with Gasteiger partial charge >= 0.3 is 5.97 Å². The van der Waals surface area contributed by atoms with Gasteiger partial charge in [0, 0.05) is 12.0 Å². The zero-order chi connectivity index (χ0) is 24.2. The smallest absolute Gasteiger partial charge is 0.303 e. The number of nitriles is 3. The summed E-state index contributed by atoms with van der Waals surface area (Å²) in [7, 11) is 0. The van der Waals surface area contributed by atoms with Crippen molar-refractivity contribution in [2.24, 2.45) is 5.10 Å². The van der Waals surface area contributed by atoms with Crippen LogP contribution in [0.2, 0.25) is 0 Å². The molecule has 33 heavy (non-hydrogen) atoms. The molecule has 1 aliphatic rings. The van der Waals surface area contributed by atoms with Crippen LogP contribution in [0.1, 0.15) is 28.7 Å². The van der Waals surface area contributed by atoms with Gasteiger partial charge in [0.15, 0.2) is 6.61 Å². The van der Waals surface area contributed by atoms with Gasteiger partial charge in [0.1, 0.15) is 29.5 Å². The van der Waals surface area contributed by atoms with Gasteiger partial charge in [0.25, 0.3) is 0 Å². The third kappa shape index (κ3) is 7.26. The van der Waals surface area contributed by atoms with Crippen molar-refractivity contribution >= 4 is 28.5 Å². The fourth-order valence-electron chi connectivity index (χ4n) is 2.93. The molecule has 1 aliphatic heterocycles. The maximum atomic E-state index is 10.8. The van der Waals surface area contributed by atoms with Crippen LogP contribution in [0.3, 0.4) is 0 Å². The Labute approximate surface area is 195 Å². The van der Waals surface area contributed by atoms with E-state index in [1.807, 2.05) is 42.3 Å². The topological polar surface area (TPSA) is 154 Å². The van der Waals surface area contributed by atoms with Gasteiger partial charge in [-0.15, -0.1) is 0 Å². The Kier molecular flexibility index (Phi) is 9.73. The van der Waals surface area contributed by atoms with E-state index in [-0.39, 0.29) is 19.6 Å². The number of ether oxygens (including phenoxy) is 1. The predicted molar refractivity (Wildman–Crippen MR) is 124 cm³/mol. The van der Waals surface area contributed by atoms with Crippen molar-refractivity contribution in [1.82, 2.24) is 0 Å². The Morgan fingerprint density at radius 2 is 1.97 bits per heavy atom. The molecule has 9 nitrogen and oxygen atoms in total. The van der Waals surface area contributed by atoms with E-state index in [1.165, 1.54) is 6.07 Å². The molecule has 2 N–H and O–H groups in total. The number of hydrazone groups is 1. The van der Waals surface area contributed by atoms with E-state index in [2.05, 4.69) is 11.2 Å². The third-order valence-corrected chi connectivity index (χ3v) is 5.38. The standard InChI is InChI=1S/C21H18N4O3S.C2H3NO/c1-14-10-15(3-7-20(26)27)2-5-18(14)21-24-25(13-29-21)17-4-6-19(28-9-8-22)16(11-17)12-23;3-1-2-4/h2,4-6,10-11H,3,7,9,13H2,1H3,(H,26,27);4H,2H2. The first-order valence-corrected chi connectivity index (χ1v) is 10.7. The number of carboxylic acids is 1. The molecular weight excluding hydrogens is 442 g/mol. The normalized spacial score (nSPS) is 11.8. The molecule has 2 aromatic rings. The maximum Gasteiger partial charge on any atom is 0.303 e. The summed E-state index contributed by atoms with van der Waals surface area (Å²) in [6.45, 7) is 1.50. The lowest BCUT2D eigenvalue weighted by Crippen LogP contribution is -2.11. The van der Waals surface area contributed by atoms with Crippen molar-refractivity contribution in [2.45, 2.75) is 19.8 Å². The fraction of sp³-hybridized carbons (Fsp3) is 0.261. The maximum absolute atomic E-state index is 10.8. The Bertz CT molecular complexity index is 1160. The minimum atomic E-state index is -0.807. The second kappa shape index (κ2) is 12.7. The number of hydrogen-bond acceptors (Lipinski definition) is 9. The summed E-state index contributed by atoms with van der Waals surface area (Å²) in [4.78, 5) is 10.8. The Morgan fingerprint density at radius 3 is 2.58 bits per heavy atom. The molecule has 1 heterocycles. The second-order valence-corrected chi connectivity index (χ2v) is 7.61. The van der Waals surface area contributed by atoms with Gasteiger partial charge in [-0.1, -0.05) is 30.0 Å². The summed E-state index contributed by atoms with van der Waals surface area (Å²) >= 11 is 1.59. The van der Waals surface area contributed by atoms with Gasteiger partial charge in [0.05, 0.1) is 23.2 Å². The second-order valence-electron chi connectivity index (χ2n) is 6.68. The first kappa shape index (κ1) is 25.2. The lowest BCUT2D eigenvalue weighted by molar-refractivity contribution is -0.136. The average molecular weight is 464 g/mol. The first-order chi connectivity index (χ1) is 15.9. The van der Waals surface area contributed by atoms with Crippen LogP contribution in [0.15, 0.2) is 41.5 Å². The van der Waals surface area contributed by atoms with E-state index in [4.69, 9.17) is 25.5 Å². The van der Waals surface area contributed by atoms with E-state index in [0.717, 1.165) is 27.4 Å². The average Bonchev–Trinajstić information content (AvgIpc) is 3.31. The zero-order valence-corrected chi connectivity index (χ0v) is 18.7. The first-order valence-electron chi connectivity index (χ1n) is 9.75. The minimum Gasteiger partial charge on any atom is -0.481 e. The van der Waals surface area contributed by atoms with Crippen LogP contribution in [0.4, 0.5) is 5.69 Å². The molecule has 0 saturated carbocycles. The highest BCUT2D eigenvalue weighted by Crippen LogP contribution is 2.32. The van der Waals surface area contributed by atoms with Crippen molar-refractivity contribution < 1.29 is 19.7 Å². The summed E-state index contributed by atoms with van der Waals surface area (Å²) in [6, 6.07) is 16.5. The number of aliphatic hydroxyl groups excluding tert-OH is 1. The van der Waals surface area contributed by atoms with Crippen molar-refractivity contribution in [2.75, 3.05) is 24.1 Å². The van der Waals surface area contributed by atoms with Gasteiger partial charge in [-0.3, -0.25) is 9.80 Å². The number of aliphatic hydroxyl groups is 1. The number of nitrogens with zero attached hydrogens (tertiary/aromatic N) is 5. The number of rotatable bonds is 7. The molecule has 0 radical (unpaired) electrons. The lowest BCUT2D eigenvalue weighted by Gasteiger charge is -2.14. The van der Waals surface area contributed by atoms with Crippen molar-refractivity contribution in [1.29, 1.82) is 15.8 Å². The Morgan fingerprint density at radius 1 is 1.21 bits per heavy atom. The van der Waals surface area contributed by atoms with E-state index < -0.39 is 5.97 Å². The van der Waals surface area contributed by atoms with Crippen molar-refractivity contribution in [3.63, 3.8) is 0 Å². The van der Waals surface area contributed by atoms with Crippen molar-refractivity contribution in [3.05, 3.63) is 58.7 Å². The van der Waals surface area contributed by atoms with Crippen molar-refractivity contribution in [3.8, 4) is 24.0 Å². The van der Waals surface area contributed by atoms with Crippen LogP contribution in [-0.4, -0.2) is 40.3 Å². The van der Waals surface area contributed by atoms with E-state index in [9.17, 15) is 10.1 Å². The minimum absolute atomic E-state index is 0.109. The third-order valence-electron chi connectivity index (χ3n) is 4.43. The number of benzene rings is 2. The molecule has 0 spiro atoms.